The lowest BCUT2D eigenvalue weighted by molar-refractivity contribution is -0.138. The van der Waals surface area contributed by atoms with E-state index in [1.807, 2.05) is 14.1 Å². The van der Waals surface area contributed by atoms with Gasteiger partial charge in [-0.2, -0.15) is 17.5 Å². The highest BCUT2D eigenvalue weighted by Crippen LogP contribution is 2.32. The van der Waals surface area contributed by atoms with Crippen LogP contribution in [0.4, 0.5) is 13.2 Å². The van der Waals surface area contributed by atoms with E-state index in [9.17, 15) is 26.4 Å². The molecular formula is C24H37F3N4O4S. The van der Waals surface area contributed by atoms with Gasteiger partial charge in [-0.1, -0.05) is 12.5 Å². The topological polar surface area (TPSA) is 73.4 Å². The summed E-state index contributed by atoms with van der Waals surface area (Å²) in [6.45, 7) is 4.98. The van der Waals surface area contributed by atoms with Gasteiger partial charge in [0.2, 0.25) is 15.9 Å². The largest absolute Gasteiger partial charge is 0.416 e. The van der Waals surface area contributed by atoms with Crippen molar-refractivity contribution in [3.05, 3.63) is 29.8 Å². The van der Waals surface area contributed by atoms with Crippen LogP contribution in [0, 0.1) is 0 Å². The summed E-state index contributed by atoms with van der Waals surface area (Å²) < 4.78 is 72.6. The van der Waals surface area contributed by atoms with Crippen LogP contribution in [0.1, 0.15) is 31.2 Å². The Balaban J connectivity index is 1.51. The highest BCUT2D eigenvalue weighted by atomic mass is 32.2. The molecule has 0 N–H and O–H groups in total. The first-order valence-electron chi connectivity index (χ1n) is 12.4. The number of benzene rings is 1. The van der Waals surface area contributed by atoms with Gasteiger partial charge in [0.25, 0.3) is 0 Å². The maximum atomic E-state index is 13.2. The van der Waals surface area contributed by atoms with Crippen molar-refractivity contribution in [2.75, 3.05) is 73.1 Å². The monoisotopic (exact) mass is 534 g/mol. The van der Waals surface area contributed by atoms with Gasteiger partial charge in [0.1, 0.15) is 6.61 Å². The molecule has 2 saturated heterocycles. The molecule has 36 heavy (non-hydrogen) atoms. The predicted molar refractivity (Wildman–Crippen MR) is 130 cm³/mol. The Labute approximate surface area is 212 Å². The Morgan fingerprint density at radius 3 is 2.50 bits per heavy atom. The van der Waals surface area contributed by atoms with Crippen molar-refractivity contribution in [2.45, 2.75) is 42.8 Å². The Morgan fingerprint density at radius 2 is 1.83 bits per heavy atom. The zero-order chi connectivity index (χ0) is 26.3. The van der Waals surface area contributed by atoms with E-state index in [-0.39, 0.29) is 30.6 Å². The maximum Gasteiger partial charge on any atom is 0.416 e. The molecule has 1 amide bonds. The van der Waals surface area contributed by atoms with Crippen LogP contribution in [0.5, 0.6) is 0 Å². The molecule has 2 heterocycles. The SMILES string of the molecule is CN(C)CCCN1CCN(C(=O)COCC2CCCCN2S(=O)(=O)c2cccc(C(F)(F)F)c2)CC1. The molecule has 1 aromatic rings. The smallest absolute Gasteiger partial charge is 0.370 e. The second-order valence-electron chi connectivity index (χ2n) is 9.69. The number of amides is 1. The minimum absolute atomic E-state index is 0.0223. The molecule has 0 saturated carbocycles. The average Bonchev–Trinajstić information content (AvgIpc) is 2.84. The first-order valence-corrected chi connectivity index (χ1v) is 13.8. The van der Waals surface area contributed by atoms with Crippen molar-refractivity contribution in [3.63, 3.8) is 0 Å². The second kappa shape index (κ2) is 12.7. The van der Waals surface area contributed by atoms with E-state index in [2.05, 4.69) is 9.80 Å². The number of piperidine rings is 1. The summed E-state index contributed by atoms with van der Waals surface area (Å²) in [5, 5.41) is 0. The molecule has 1 aromatic carbocycles. The molecule has 2 aliphatic heterocycles. The lowest BCUT2D eigenvalue weighted by Crippen LogP contribution is -2.50. The van der Waals surface area contributed by atoms with Crippen molar-refractivity contribution in [3.8, 4) is 0 Å². The van der Waals surface area contributed by atoms with E-state index in [0.29, 0.717) is 32.0 Å². The number of halogens is 3. The standard InChI is InChI=1S/C24H37F3N4O4S/c1-28(2)10-6-11-29-13-15-30(16-14-29)23(32)19-35-18-21-8-3-4-12-31(21)36(33,34)22-9-5-7-20(17-22)24(25,26)27/h5,7,9,17,21H,3-4,6,8,10-16,18-19H2,1-2H3. The highest BCUT2D eigenvalue weighted by molar-refractivity contribution is 7.89. The molecule has 2 fully saturated rings. The van der Waals surface area contributed by atoms with Gasteiger partial charge in [0.15, 0.2) is 0 Å². The number of hydrogen-bond donors (Lipinski definition) is 0. The van der Waals surface area contributed by atoms with E-state index < -0.39 is 27.8 Å². The Hall–Kier alpha value is -1.73. The van der Waals surface area contributed by atoms with E-state index >= 15 is 0 Å². The van der Waals surface area contributed by atoms with Crippen LogP contribution in [0.25, 0.3) is 0 Å². The number of alkyl halides is 3. The van der Waals surface area contributed by atoms with Crippen LogP contribution in [0.15, 0.2) is 29.2 Å². The predicted octanol–water partition coefficient (Wildman–Crippen LogP) is 2.36. The van der Waals surface area contributed by atoms with Gasteiger partial charge >= 0.3 is 6.18 Å². The van der Waals surface area contributed by atoms with Crippen molar-refractivity contribution in [2.24, 2.45) is 0 Å². The fourth-order valence-corrected chi connectivity index (χ4v) is 6.36. The summed E-state index contributed by atoms with van der Waals surface area (Å²) in [6.07, 6.45) is -1.63. The van der Waals surface area contributed by atoms with E-state index in [1.165, 1.54) is 10.4 Å². The Bertz CT molecular complexity index is 966. The van der Waals surface area contributed by atoms with E-state index in [1.54, 1.807) is 4.90 Å². The minimum atomic E-state index is -4.63. The maximum absolute atomic E-state index is 13.2. The van der Waals surface area contributed by atoms with Crippen LogP contribution in [0.2, 0.25) is 0 Å². The number of carbonyl (C=O) groups is 1. The first-order chi connectivity index (χ1) is 17.0. The van der Waals surface area contributed by atoms with Crippen LogP contribution < -0.4 is 0 Å². The number of rotatable bonds is 10. The third-order valence-corrected chi connectivity index (χ3v) is 8.63. The van der Waals surface area contributed by atoms with Crippen molar-refractivity contribution in [1.82, 2.24) is 19.0 Å². The number of sulfonamides is 1. The number of ether oxygens (including phenoxy) is 1. The highest BCUT2D eigenvalue weighted by Gasteiger charge is 2.36. The molecule has 8 nitrogen and oxygen atoms in total. The van der Waals surface area contributed by atoms with Crippen LogP contribution >= 0.6 is 0 Å². The van der Waals surface area contributed by atoms with Crippen molar-refractivity contribution in [1.29, 1.82) is 0 Å². The summed E-state index contributed by atoms with van der Waals surface area (Å²) in [4.78, 5) is 18.5. The van der Waals surface area contributed by atoms with Gasteiger partial charge in [-0.15, -0.1) is 0 Å². The summed E-state index contributed by atoms with van der Waals surface area (Å²) in [5.41, 5.74) is -1.00. The zero-order valence-electron chi connectivity index (χ0n) is 21.0. The summed E-state index contributed by atoms with van der Waals surface area (Å²) >= 11 is 0. The fraction of sp³-hybridized carbons (Fsp3) is 0.708. The van der Waals surface area contributed by atoms with Gasteiger partial charge in [0, 0.05) is 38.8 Å². The van der Waals surface area contributed by atoms with Gasteiger partial charge in [-0.3, -0.25) is 9.69 Å². The fourth-order valence-electron chi connectivity index (χ4n) is 4.63. The number of carbonyl (C=O) groups excluding carboxylic acids is 1. The molecule has 0 aliphatic carbocycles. The minimum Gasteiger partial charge on any atom is -0.370 e. The molecule has 12 heteroatoms. The molecule has 0 spiro atoms. The lowest BCUT2D eigenvalue weighted by atomic mass is 10.1. The van der Waals surface area contributed by atoms with Gasteiger partial charge in [-0.25, -0.2) is 8.42 Å². The quantitative estimate of drug-likeness (QED) is 0.459. The third-order valence-electron chi connectivity index (χ3n) is 6.68. The summed E-state index contributed by atoms with van der Waals surface area (Å²) in [7, 11) is -0.0439. The molecule has 0 bridgehead atoms. The van der Waals surface area contributed by atoms with Crippen molar-refractivity contribution >= 4 is 15.9 Å². The first kappa shape index (κ1) is 28.8. The molecule has 2 aliphatic rings. The number of hydrogen-bond acceptors (Lipinski definition) is 6. The van der Waals surface area contributed by atoms with Gasteiger partial charge in [0.05, 0.1) is 17.1 Å². The number of piperazine rings is 1. The molecular weight excluding hydrogens is 497 g/mol. The molecule has 0 aromatic heterocycles. The summed E-state index contributed by atoms with van der Waals surface area (Å²) in [6, 6.07) is 3.28. The normalized spacial score (nSPS) is 20.7. The molecule has 1 atom stereocenters. The van der Waals surface area contributed by atoms with Gasteiger partial charge < -0.3 is 14.5 Å². The molecule has 0 radical (unpaired) electrons. The van der Waals surface area contributed by atoms with Crippen molar-refractivity contribution < 1.29 is 31.1 Å². The van der Waals surface area contributed by atoms with Crippen LogP contribution in [-0.4, -0.2) is 112 Å². The van der Waals surface area contributed by atoms with E-state index in [4.69, 9.17) is 4.74 Å². The zero-order valence-corrected chi connectivity index (χ0v) is 21.9. The third kappa shape index (κ3) is 7.88. The van der Waals surface area contributed by atoms with Crippen LogP contribution in [0.3, 0.4) is 0 Å². The summed E-state index contributed by atoms with van der Waals surface area (Å²) in [5.74, 6) is -0.133. The Morgan fingerprint density at radius 1 is 1.11 bits per heavy atom. The molecule has 3 rings (SSSR count). The van der Waals surface area contributed by atoms with Gasteiger partial charge in [-0.05, 0) is 64.6 Å². The molecule has 204 valence electrons. The van der Waals surface area contributed by atoms with Crippen LogP contribution in [-0.2, 0) is 25.7 Å². The average molecular weight is 535 g/mol. The second-order valence-corrected chi connectivity index (χ2v) is 11.6. The number of nitrogens with zero attached hydrogens (tertiary/aromatic N) is 4. The van der Waals surface area contributed by atoms with E-state index in [0.717, 1.165) is 51.2 Å². The molecule has 1 unspecified atom stereocenters. The Kier molecular flexibility index (Phi) is 10.2. The lowest BCUT2D eigenvalue weighted by Gasteiger charge is -2.36.